The van der Waals surface area contributed by atoms with Crippen molar-refractivity contribution in [2.75, 3.05) is 23.7 Å². The zero-order valence-corrected chi connectivity index (χ0v) is 12.1. The first-order valence-electron chi connectivity index (χ1n) is 6.81. The van der Waals surface area contributed by atoms with Gasteiger partial charge in [0, 0.05) is 19.2 Å². The van der Waals surface area contributed by atoms with Gasteiger partial charge < -0.3 is 10.6 Å². The molecule has 1 aromatic heterocycles. The first-order valence-corrected chi connectivity index (χ1v) is 6.81. The van der Waals surface area contributed by atoms with E-state index in [-0.39, 0.29) is 0 Å². The van der Waals surface area contributed by atoms with Crippen LogP contribution in [0.1, 0.15) is 40.5 Å². The number of hydrogen-bond donors (Lipinski definition) is 1. The highest BCUT2D eigenvalue weighted by Gasteiger charge is 2.10. The van der Waals surface area contributed by atoms with Crippen LogP contribution in [0, 0.1) is 11.8 Å². The highest BCUT2D eigenvalue weighted by atomic mass is 15.2. The molecule has 0 spiro atoms. The second-order valence-electron chi connectivity index (χ2n) is 5.65. The summed E-state index contributed by atoms with van der Waals surface area (Å²) in [5.41, 5.74) is 5.73. The van der Waals surface area contributed by atoms with E-state index in [1.165, 1.54) is 12.8 Å². The van der Waals surface area contributed by atoms with Crippen molar-refractivity contribution in [1.29, 1.82) is 0 Å². The van der Waals surface area contributed by atoms with E-state index in [0.717, 1.165) is 18.9 Å². The van der Waals surface area contributed by atoms with Gasteiger partial charge in [0.2, 0.25) is 0 Å². The number of nitrogens with two attached hydrogens (primary N) is 1. The van der Waals surface area contributed by atoms with E-state index in [4.69, 9.17) is 5.73 Å². The van der Waals surface area contributed by atoms with Crippen LogP contribution in [0.3, 0.4) is 0 Å². The quantitative estimate of drug-likeness (QED) is 0.808. The topological polar surface area (TPSA) is 55.0 Å². The molecule has 0 atom stereocenters. The van der Waals surface area contributed by atoms with Gasteiger partial charge in [0.05, 0.1) is 0 Å². The van der Waals surface area contributed by atoms with Crippen molar-refractivity contribution in [3.8, 4) is 0 Å². The molecule has 0 fully saturated rings. The number of nitrogens with zero attached hydrogens (tertiary/aromatic N) is 3. The molecule has 0 aliphatic heterocycles. The molecular weight excluding hydrogens is 224 g/mol. The van der Waals surface area contributed by atoms with Gasteiger partial charge in [-0.05, 0) is 24.7 Å². The Labute approximate surface area is 111 Å². The molecule has 0 unspecified atom stereocenters. The normalized spacial score (nSPS) is 11.2. The Morgan fingerprint density at radius 1 is 1.06 bits per heavy atom. The fourth-order valence-corrected chi connectivity index (χ4v) is 1.70. The zero-order valence-electron chi connectivity index (χ0n) is 12.1. The van der Waals surface area contributed by atoms with Crippen molar-refractivity contribution in [3.05, 3.63) is 12.4 Å². The summed E-state index contributed by atoms with van der Waals surface area (Å²) < 4.78 is 0. The molecule has 2 N–H and O–H groups in total. The van der Waals surface area contributed by atoms with Crippen molar-refractivity contribution >= 4 is 11.6 Å². The molecule has 0 amide bonds. The number of anilines is 2. The number of nitrogen functional groups attached to an aromatic ring is 1. The smallest absolute Gasteiger partial charge is 0.134 e. The van der Waals surface area contributed by atoms with Gasteiger partial charge in [0.1, 0.15) is 18.0 Å². The van der Waals surface area contributed by atoms with Gasteiger partial charge in [-0.1, -0.05) is 27.7 Å². The molecule has 4 nitrogen and oxygen atoms in total. The van der Waals surface area contributed by atoms with E-state index in [2.05, 4.69) is 42.6 Å². The maximum atomic E-state index is 5.73. The molecule has 0 radical (unpaired) electrons. The molecule has 1 aromatic rings. The van der Waals surface area contributed by atoms with Crippen LogP contribution in [0.5, 0.6) is 0 Å². The average Bonchev–Trinajstić information content (AvgIpc) is 2.28. The molecule has 18 heavy (non-hydrogen) atoms. The van der Waals surface area contributed by atoms with Gasteiger partial charge in [-0.2, -0.15) is 0 Å². The van der Waals surface area contributed by atoms with E-state index < -0.39 is 0 Å². The lowest BCUT2D eigenvalue weighted by Gasteiger charge is -2.25. The van der Waals surface area contributed by atoms with Crippen molar-refractivity contribution in [2.24, 2.45) is 11.8 Å². The van der Waals surface area contributed by atoms with Gasteiger partial charge >= 0.3 is 0 Å². The minimum Gasteiger partial charge on any atom is -0.384 e. The summed E-state index contributed by atoms with van der Waals surface area (Å²) in [6.45, 7) is 11.0. The van der Waals surface area contributed by atoms with E-state index in [1.807, 2.05) is 6.07 Å². The molecule has 0 saturated carbocycles. The monoisotopic (exact) mass is 250 g/mol. The molecule has 4 heteroatoms. The van der Waals surface area contributed by atoms with Crippen molar-refractivity contribution in [3.63, 3.8) is 0 Å². The summed E-state index contributed by atoms with van der Waals surface area (Å²) in [6, 6.07) is 1.86. The van der Waals surface area contributed by atoms with Gasteiger partial charge in [-0.3, -0.25) is 0 Å². The molecular formula is C14H26N4. The Morgan fingerprint density at radius 2 is 1.61 bits per heavy atom. The third-order valence-corrected chi connectivity index (χ3v) is 2.95. The van der Waals surface area contributed by atoms with Crippen LogP contribution in [0.15, 0.2) is 12.4 Å². The van der Waals surface area contributed by atoms with Crippen molar-refractivity contribution in [2.45, 2.75) is 40.5 Å². The van der Waals surface area contributed by atoms with Gasteiger partial charge in [0.15, 0.2) is 0 Å². The van der Waals surface area contributed by atoms with Crippen LogP contribution >= 0.6 is 0 Å². The molecule has 102 valence electrons. The van der Waals surface area contributed by atoms with Crippen molar-refractivity contribution < 1.29 is 0 Å². The predicted molar refractivity (Wildman–Crippen MR) is 77.6 cm³/mol. The van der Waals surface area contributed by atoms with E-state index in [1.54, 1.807) is 6.33 Å². The minimum absolute atomic E-state index is 0.541. The summed E-state index contributed by atoms with van der Waals surface area (Å²) in [6.07, 6.45) is 3.88. The number of rotatable bonds is 7. The van der Waals surface area contributed by atoms with E-state index in [0.29, 0.717) is 17.7 Å². The Kier molecular flexibility index (Phi) is 5.89. The lowest BCUT2D eigenvalue weighted by Crippen LogP contribution is -2.28. The second kappa shape index (κ2) is 7.19. The van der Waals surface area contributed by atoms with Gasteiger partial charge in [0.25, 0.3) is 0 Å². The third-order valence-electron chi connectivity index (χ3n) is 2.95. The van der Waals surface area contributed by atoms with Crippen molar-refractivity contribution in [1.82, 2.24) is 9.97 Å². The van der Waals surface area contributed by atoms with Crippen LogP contribution in [0.25, 0.3) is 0 Å². The summed E-state index contributed by atoms with van der Waals surface area (Å²) in [5, 5.41) is 0. The van der Waals surface area contributed by atoms with Crippen LogP contribution in [-0.2, 0) is 0 Å². The van der Waals surface area contributed by atoms with E-state index in [9.17, 15) is 0 Å². The van der Waals surface area contributed by atoms with Crippen LogP contribution in [-0.4, -0.2) is 23.1 Å². The highest BCUT2D eigenvalue weighted by Crippen LogP contribution is 2.16. The lowest BCUT2D eigenvalue weighted by atomic mass is 10.1. The first-order chi connectivity index (χ1) is 8.49. The second-order valence-corrected chi connectivity index (χ2v) is 5.65. The maximum absolute atomic E-state index is 5.73. The third kappa shape index (κ3) is 5.34. The summed E-state index contributed by atoms with van der Waals surface area (Å²) in [4.78, 5) is 10.6. The predicted octanol–water partition coefficient (Wildman–Crippen LogP) is 2.96. The first kappa shape index (κ1) is 14.7. The highest BCUT2D eigenvalue weighted by molar-refractivity contribution is 5.45. The van der Waals surface area contributed by atoms with Crippen LogP contribution in [0.4, 0.5) is 11.6 Å². The van der Waals surface area contributed by atoms with Gasteiger partial charge in [-0.25, -0.2) is 9.97 Å². The fraction of sp³-hybridized carbons (Fsp3) is 0.714. The Balaban J connectivity index is 2.69. The summed E-state index contributed by atoms with van der Waals surface area (Å²) in [5.74, 6) is 2.89. The molecule has 0 aliphatic carbocycles. The Bertz CT molecular complexity index is 337. The van der Waals surface area contributed by atoms with E-state index >= 15 is 0 Å². The number of aromatic nitrogens is 2. The molecule has 1 heterocycles. The molecule has 0 saturated heterocycles. The fourth-order valence-electron chi connectivity index (χ4n) is 1.70. The Hall–Kier alpha value is -1.32. The Morgan fingerprint density at radius 3 is 2.06 bits per heavy atom. The zero-order chi connectivity index (χ0) is 13.5. The lowest BCUT2D eigenvalue weighted by molar-refractivity contribution is 0.533. The summed E-state index contributed by atoms with van der Waals surface area (Å²) in [7, 11) is 0. The summed E-state index contributed by atoms with van der Waals surface area (Å²) >= 11 is 0. The molecule has 0 aromatic carbocycles. The van der Waals surface area contributed by atoms with Crippen LogP contribution in [0.2, 0.25) is 0 Å². The minimum atomic E-state index is 0.541. The van der Waals surface area contributed by atoms with Gasteiger partial charge in [-0.15, -0.1) is 0 Å². The average molecular weight is 250 g/mol. The standard InChI is InChI=1S/C14H26N4/c1-11(2)5-7-18(8-6-12(3)4)14-9-13(15)16-10-17-14/h9-12H,5-8H2,1-4H3,(H2,15,16,17). The largest absolute Gasteiger partial charge is 0.384 e. The molecule has 0 bridgehead atoms. The molecule has 1 rings (SSSR count). The molecule has 0 aliphatic rings. The number of hydrogen-bond acceptors (Lipinski definition) is 4. The van der Waals surface area contributed by atoms with Crippen LogP contribution < -0.4 is 10.6 Å². The SMILES string of the molecule is CC(C)CCN(CCC(C)C)c1cc(N)ncn1. The maximum Gasteiger partial charge on any atom is 0.134 e.